The van der Waals surface area contributed by atoms with E-state index in [1.54, 1.807) is 0 Å². The fourth-order valence-corrected chi connectivity index (χ4v) is 2.55. The molecule has 0 aliphatic heterocycles. The third-order valence-corrected chi connectivity index (χ3v) is 3.87. The average molecular weight is 367 g/mol. The Morgan fingerprint density at radius 1 is 1.06 bits per heavy atom. The van der Waals surface area contributed by atoms with E-state index >= 15 is 0 Å². The molecule has 1 aliphatic carbocycles. The maximum Gasteiger partial charge on any atom is 0.190 e. The zero-order chi connectivity index (χ0) is 12.5. The first-order valence-electron chi connectivity index (χ1n) is 7.24. The second-order valence-electron chi connectivity index (χ2n) is 5.17. The van der Waals surface area contributed by atoms with E-state index in [4.69, 9.17) is 0 Å². The Morgan fingerprint density at radius 2 is 1.67 bits per heavy atom. The highest BCUT2D eigenvalue weighted by molar-refractivity contribution is 14.0. The smallest absolute Gasteiger partial charge is 0.190 e. The van der Waals surface area contributed by atoms with Crippen LogP contribution in [0.2, 0.25) is 0 Å². The SMILES string of the molecule is CCCNC(=NC)NCC1CCC(CC)CC1.I. The second kappa shape index (κ2) is 10.9. The molecule has 0 saturated heterocycles. The quantitative estimate of drug-likeness (QED) is 0.444. The molecule has 108 valence electrons. The van der Waals surface area contributed by atoms with Gasteiger partial charge in [-0.1, -0.05) is 33.1 Å². The van der Waals surface area contributed by atoms with Crippen LogP contribution in [-0.2, 0) is 0 Å². The molecule has 4 heteroatoms. The van der Waals surface area contributed by atoms with E-state index < -0.39 is 0 Å². The molecule has 0 amide bonds. The molecule has 0 atom stereocenters. The van der Waals surface area contributed by atoms with E-state index in [9.17, 15) is 0 Å². The molecule has 1 aliphatic rings. The summed E-state index contributed by atoms with van der Waals surface area (Å²) in [5.41, 5.74) is 0. The number of hydrogen-bond acceptors (Lipinski definition) is 1. The molecule has 1 saturated carbocycles. The first-order valence-corrected chi connectivity index (χ1v) is 7.24. The lowest BCUT2D eigenvalue weighted by molar-refractivity contribution is 0.269. The normalized spacial score (nSPS) is 24.3. The summed E-state index contributed by atoms with van der Waals surface area (Å²) in [5, 5.41) is 6.76. The van der Waals surface area contributed by atoms with Crippen molar-refractivity contribution in [1.82, 2.24) is 10.6 Å². The van der Waals surface area contributed by atoms with Gasteiger partial charge >= 0.3 is 0 Å². The number of rotatable bonds is 5. The van der Waals surface area contributed by atoms with Crippen molar-refractivity contribution in [3.63, 3.8) is 0 Å². The molecule has 3 nitrogen and oxygen atoms in total. The van der Waals surface area contributed by atoms with Crippen molar-refractivity contribution in [1.29, 1.82) is 0 Å². The van der Waals surface area contributed by atoms with Crippen LogP contribution in [0, 0.1) is 11.8 Å². The summed E-state index contributed by atoms with van der Waals surface area (Å²) in [6, 6.07) is 0. The first kappa shape index (κ1) is 18.0. The molecule has 0 aromatic rings. The predicted molar refractivity (Wildman–Crippen MR) is 90.8 cm³/mol. The Morgan fingerprint density at radius 3 is 2.17 bits per heavy atom. The van der Waals surface area contributed by atoms with Gasteiger partial charge in [-0.15, -0.1) is 24.0 Å². The molecule has 0 spiro atoms. The summed E-state index contributed by atoms with van der Waals surface area (Å²) in [6.07, 6.45) is 8.11. The van der Waals surface area contributed by atoms with Crippen molar-refractivity contribution in [3.05, 3.63) is 0 Å². The van der Waals surface area contributed by atoms with Gasteiger partial charge in [-0.25, -0.2) is 0 Å². The first-order chi connectivity index (χ1) is 8.30. The summed E-state index contributed by atoms with van der Waals surface area (Å²) in [5.74, 6) is 2.80. The number of nitrogens with zero attached hydrogens (tertiary/aromatic N) is 1. The van der Waals surface area contributed by atoms with Gasteiger partial charge in [-0.3, -0.25) is 4.99 Å². The zero-order valence-electron chi connectivity index (χ0n) is 12.2. The number of hydrogen-bond donors (Lipinski definition) is 2. The fourth-order valence-electron chi connectivity index (χ4n) is 2.55. The van der Waals surface area contributed by atoms with Crippen molar-refractivity contribution >= 4 is 29.9 Å². The molecule has 0 unspecified atom stereocenters. The second-order valence-corrected chi connectivity index (χ2v) is 5.17. The topological polar surface area (TPSA) is 36.4 Å². The van der Waals surface area contributed by atoms with Crippen LogP contribution in [0.5, 0.6) is 0 Å². The monoisotopic (exact) mass is 367 g/mol. The minimum Gasteiger partial charge on any atom is -0.356 e. The van der Waals surface area contributed by atoms with Gasteiger partial charge in [0.1, 0.15) is 0 Å². The van der Waals surface area contributed by atoms with Gasteiger partial charge in [0.2, 0.25) is 0 Å². The highest BCUT2D eigenvalue weighted by atomic mass is 127. The molecule has 0 aromatic carbocycles. The molecule has 0 radical (unpaired) electrons. The largest absolute Gasteiger partial charge is 0.356 e. The van der Waals surface area contributed by atoms with Crippen LogP contribution in [0.4, 0.5) is 0 Å². The summed E-state index contributed by atoms with van der Waals surface area (Å²) in [7, 11) is 1.85. The van der Waals surface area contributed by atoms with Gasteiger partial charge in [0.25, 0.3) is 0 Å². The minimum atomic E-state index is 0. The van der Waals surface area contributed by atoms with E-state index in [0.717, 1.165) is 37.3 Å². The summed E-state index contributed by atoms with van der Waals surface area (Å²) >= 11 is 0. The van der Waals surface area contributed by atoms with Crippen LogP contribution >= 0.6 is 24.0 Å². The van der Waals surface area contributed by atoms with Crippen LogP contribution in [0.1, 0.15) is 52.4 Å². The lowest BCUT2D eigenvalue weighted by atomic mass is 9.81. The lowest BCUT2D eigenvalue weighted by Gasteiger charge is -2.28. The summed E-state index contributed by atoms with van der Waals surface area (Å²) in [6.45, 7) is 6.58. The van der Waals surface area contributed by atoms with Gasteiger partial charge in [0.15, 0.2) is 5.96 Å². The molecule has 1 rings (SSSR count). The maximum atomic E-state index is 4.24. The highest BCUT2D eigenvalue weighted by Crippen LogP contribution is 2.29. The predicted octanol–water partition coefficient (Wildman–Crippen LogP) is 3.40. The molecule has 18 heavy (non-hydrogen) atoms. The zero-order valence-corrected chi connectivity index (χ0v) is 14.5. The fraction of sp³-hybridized carbons (Fsp3) is 0.929. The average Bonchev–Trinajstić information content (AvgIpc) is 2.39. The third kappa shape index (κ3) is 6.81. The van der Waals surface area contributed by atoms with Crippen LogP contribution < -0.4 is 10.6 Å². The van der Waals surface area contributed by atoms with Gasteiger partial charge in [-0.05, 0) is 31.1 Å². The van der Waals surface area contributed by atoms with Crippen molar-refractivity contribution < 1.29 is 0 Å². The van der Waals surface area contributed by atoms with Crippen molar-refractivity contribution in [2.24, 2.45) is 16.8 Å². The van der Waals surface area contributed by atoms with Gasteiger partial charge < -0.3 is 10.6 Å². The van der Waals surface area contributed by atoms with E-state index in [-0.39, 0.29) is 24.0 Å². The van der Waals surface area contributed by atoms with E-state index in [1.165, 1.54) is 32.1 Å². The van der Waals surface area contributed by atoms with Crippen LogP contribution in [0.25, 0.3) is 0 Å². The Labute approximate surface area is 130 Å². The van der Waals surface area contributed by atoms with E-state index in [2.05, 4.69) is 29.5 Å². The number of guanidine groups is 1. The number of nitrogens with one attached hydrogen (secondary N) is 2. The van der Waals surface area contributed by atoms with E-state index in [1.807, 2.05) is 7.05 Å². The van der Waals surface area contributed by atoms with Crippen LogP contribution in [0.15, 0.2) is 4.99 Å². The van der Waals surface area contributed by atoms with Crippen molar-refractivity contribution in [2.45, 2.75) is 52.4 Å². The van der Waals surface area contributed by atoms with Gasteiger partial charge in [-0.2, -0.15) is 0 Å². The molecular weight excluding hydrogens is 337 g/mol. The lowest BCUT2D eigenvalue weighted by Crippen LogP contribution is -2.40. The minimum absolute atomic E-state index is 0. The molecule has 0 heterocycles. The maximum absolute atomic E-state index is 4.24. The van der Waals surface area contributed by atoms with Crippen molar-refractivity contribution in [2.75, 3.05) is 20.1 Å². The molecular formula is C14H30IN3. The Balaban J connectivity index is 0.00000289. The third-order valence-electron chi connectivity index (χ3n) is 3.87. The highest BCUT2D eigenvalue weighted by Gasteiger charge is 2.19. The van der Waals surface area contributed by atoms with Crippen LogP contribution in [-0.4, -0.2) is 26.1 Å². The van der Waals surface area contributed by atoms with Crippen LogP contribution in [0.3, 0.4) is 0 Å². The van der Waals surface area contributed by atoms with E-state index in [0.29, 0.717) is 0 Å². The van der Waals surface area contributed by atoms with Gasteiger partial charge in [0.05, 0.1) is 0 Å². The Hall–Kier alpha value is 0. The summed E-state index contributed by atoms with van der Waals surface area (Å²) in [4.78, 5) is 4.24. The van der Waals surface area contributed by atoms with Gasteiger partial charge in [0, 0.05) is 20.1 Å². The number of halogens is 1. The molecule has 1 fully saturated rings. The summed E-state index contributed by atoms with van der Waals surface area (Å²) < 4.78 is 0. The molecule has 0 aromatic heterocycles. The standard InChI is InChI=1S/C14H29N3.HI/c1-4-10-16-14(15-3)17-11-13-8-6-12(5-2)7-9-13;/h12-13H,4-11H2,1-3H3,(H2,15,16,17);1H. The number of aliphatic imine (C=N–C) groups is 1. The molecule has 0 bridgehead atoms. The Kier molecular flexibility index (Phi) is 10.9. The molecule has 2 N–H and O–H groups in total. The van der Waals surface area contributed by atoms with Crippen molar-refractivity contribution in [3.8, 4) is 0 Å². The Bertz CT molecular complexity index is 223.